The van der Waals surface area contributed by atoms with E-state index in [-0.39, 0.29) is 0 Å². The first-order valence-corrected chi connectivity index (χ1v) is 12.8. The summed E-state index contributed by atoms with van der Waals surface area (Å²) in [5, 5.41) is 0. The Labute approximate surface area is 185 Å². The second-order valence-electron chi connectivity index (χ2n) is 10.4. The van der Waals surface area contributed by atoms with Gasteiger partial charge in [-0.05, 0) is 99.9 Å². The van der Waals surface area contributed by atoms with Crippen LogP contribution in [-0.2, 0) is 0 Å². The molecule has 0 spiro atoms. The van der Waals surface area contributed by atoms with E-state index >= 15 is 0 Å². The fourth-order valence-corrected chi connectivity index (χ4v) is 6.06. The maximum atomic E-state index is 2.58. The Bertz CT molecular complexity index is 726. The van der Waals surface area contributed by atoms with Gasteiger partial charge in [0.05, 0.1) is 0 Å². The largest absolute Gasteiger partial charge is 0.0848 e. The first-order chi connectivity index (χ1) is 14.7. The predicted octanol–water partition coefficient (Wildman–Crippen LogP) is 8.79. The van der Waals surface area contributed by atoms with Crippen LogP contribution in [0.4, 0.5) is 0 Å². The van der Waals surface area contributed by atoms with Gasteiger partial charge in [0.15, 0.2) is 0 Å². The van der Waals surface area contributed by atoms with Crippen LogP contribution in [0, 0.1) is 36.5 Å². The van der Waals surface area contributed by atoms with Crippen molar-refractivity contribution >= 4 is 0 Å². The molecule has 162 valence electrons. The molecule has 1 aromatic carbocycles. The number of allylic oxidation sites excluding steroid dienone is 6. The first-order valence-electron chi connectivity index (χ1n) is 12.8. The van der Waals surface area contributed by atoms with Gasteiger partial charge in [0, 0.05) is 5.92 Å². The van der Waals surface area contributed by atoms with E-state index < -0.39 is 0 Å². The molecule has 3 aliphatic carbocycles. The third kappa shape index (κ3) is 5.77. The van der Waals surface area contributed by atoms with E-state index in [1.54, 1.807) is 0 Å². The fraction of sp³-hybridized carbons (Fsp3) is 0.600. The van der Waals surface area contributed by atoms with Crippen LogP contribution in [0.1, 0.15) is 88.2 Å². The minimum Gasteiger partial charge on any atom is -0.0848 e. The molecule has 0 heterocycles. The Morgan fingerprint density at radius 2 is 1.57 bits per heavy atom. The lowest BCUT2D eigenvalue weighted by Crippen LogP contribution is -2.22. The van der Waals surface area contributed by atoms with Crippen molar-refractivity contribution in [2.75, 3.05) is 0 Å². The summed E-state index contributed by atoms with van der Waals surface area (Å²) in [5.74, 6) is 4.78. The highest BCUT2D eigenvalue weighted by Gasteiger charge is 2.28. The summed E-state index contributed by atoms with van der Waals surface area (Å²) in [6.07, 6.45) is 29.0. The maximum absolute atomic E-state index is 2.58. The number of hydrogen-bond donors (Lipinski definition) is 0. The highest BCUT2D eigenvalue weighted by atomic mass is 14.3. The zero-order chi connectivity index (χ0) is 20.8. The Hall–Kier alpha value is -1.56. The molecule has 0 radical (unpaired) electrons. The van der Waals surface area contributed by atoms with Crippen molar-refractivity contribution in [1.82, 2.24) is 0 Å². The lowest BCUT2D eigenvalue weighted by Gasteiger charge is -2.34. The van der Waals surface area contributed by atoms with E-state index in [4.69, 9.17) is 0 Å². The van der Waals surface area contributed by atoms with Gasteiger partial charge in [-0.2, -0.15) is 0 Å². The lowest BCUT2D eigenvalue weighted by molar-refractivity contribution is 0.236. The van der Waals surface area contributed by atoms with Crippen molar-refractivity contribution in [3.63, 3.8) is 0 Å². The molecule has 0 heteroatoms. The third-order valence-electron chi connectivity index (χ3n) is 8.12. The van der Waals surface area contributed by atoms with E-state index in [0.29, 0.717) is 11.8 Å². The van der Waals surface area contributed by atoms with Gasteiger partial charge in [0.1, 0.15) is 0 Å². The van der Waals surface area contributed by atoms with Gasteiger partial charge in [-0.25, -0.2) is 0 Å². The van der Waals surface area contributed by atoms with Crippen LogP contribution in [0.2, 0.25) is 0 Å². The summed E-state index contributed by atoms with van der Waals surface area (Å²) in [5.41, 5.74) is 2.87. The van der Waals surface area contributed by atoms with Gasteiger partial charge < -0.3 is 0 Å². The number of rotatable bonds is 6. The summed E-state index contributed by atoms with van der Waals surface area (Å²) < 4.78 is 0. The first kappa shape index (κ1) is 21.7. The minimum atomic E-state index is 0.640. The molecule has 0 bridgehead atoms. The zero-order valence-electron chi connectivity index (χ0n) is 19.3. The molecule has 4 unspecified atom stereocenters. The quantitative estimate of drug-likeness (QED) is 0.417. The molecule has 1 aromatic rings. The zero-order valence-corrected chi connectivity index (χ0v) is 19.3. The normalized spacial score (nSPS) is 34.5. The van der Waals surface area contributed by atoms with Gasteiger partial charge in [0.2, 0.25) is 0 Å². The van der Waals surface area contributed by atoms with Gasteiger partial charge in [0.25, 0.3) is 0 Å². The molecule has 0 saturated heterocycles. The summed E-state index contributed by atoms with van der Waals surface area (Å²) >= 11 is 0. The van der Waals surface area contributed by atoms with Crippen LogP contribution >= 0.6 is 0 Å². The summed E-state index contributed by atoms with van der Waals surface area (Å²) in [6.45, 7) is 4.48. The van der Waals surface area contributed by atoms with Crippen LogP contribution in [0.3, 0.4) is 0 Å². The smallest absolute Gasteiger partial charge is 0.00182 e. The standard InChI is InChI=1S/C30H42/c1-3-4-24-7-9-25(10-8-24)11-12-26-13-17-28(18-14-26)30-21-19-29(20-22-30)27-15-5-23(2)6-16-27/h5-7,9,11-12,15-16,19,21,24-26,28-30H,3-4,8,10,13-14,17-18,20,22H2,1-2H3. The Morgan fingerprint density at radius 3 is 2.20 bits per heavy atom. The lowest BCUT2D eigenvalue weighted by atomic mass is 9.71. The van der Waals surface area contributed by atoms with E-state index in [0.717, 1.165) is 23.7 Å². The minimum absolute atomic E-state index is 0.640. The van der Waals surface area contributed by atoms with Gasteiger partial charge in [-0.3, -0.25) is 0 Å². The van der Waals surface area contributed by atoms with Gasteiger partial charge in [-0.15, -0.1) is 0 Å². The van der Waals surface area contributed by atoms with Crippen LogP contribution in [-0.4, -0.2) is 0 Å². The summed E-state index contributed by atoms with van der Waals surface area (Å²) in [7, 11) is 0. The molecule has 1 fully saturated rings. The molecule has 0 aromatic heterocycles. The van der Waals surface area contributed by atoms with Crippen LogP contribution in [0.15, 0.2) is 60.7 Å². The van der Waals surface area contributed by atoms with Crippen molar-refractivity contribution in [2.45, 2.75) is 84.0 Å². The van der Waals surface area contributed by atoms with Gasteiger partial charge >= 0.3 is 0 Å². The monoisotopic (exact) mass is 402 g/mol. The molecule has 3 aliphatic rings. The van der Waals surface area contributed by atoms with Crippen molar-refractivity contribution < 1.29 is 0 Å². The molecular formula is C30H42. The van der Waals surface area contributed by atoms with E-state index in [1.165, 1.54) is 75.3 Å². The van der Waals surface area contributed by atoms with Crippen molar-refractivity contribution in [2.24, 2.45) is 29.6 Å². The van der Waals surface area contributed by atoms with Crippen molar-refractivity contribution in [1.29, 1.82) is 0 Å². The third-order valence-corrected chi connectivity index (χ3v) is 8.12. The van der Waals surface area contributed by atoms with Crippen LogP contribution in [0.25, 0.3) is 0 Å². The van der Waals surface area contributed by atoms with Crippen LogP contribution < -0.4 is 0 Å². The molecule has 4 atom stereocenters. The molecule has 0 amide bonds. The topological polar surface area (TPSA) is 0 Å². The van der Waals surface area contributed by atoms with Gasteiger partial charge in [-0.1, -0.05) is 79.6 Å². The molecule has 4 rings (SSSR count). The van der Waals surface area contributed by atoms with Crippen molar-refractivity contribution in [3.05, 3.63) is 71.8 Å². The Kier molecular flexibility index (Phi) is 7.69. The summed E-state index contributed by atoms with van der Waals surface area (Å²) in [6, 6.07) is 9.18. The number of benzene rings is 1. The molecule has 0 N–H and O–H groups in total. The molecule has 1 saturated carbocycles. The predicted molar refractivity (Wildman–Crippen MR) is 131 cm³/mol. The number of hydrogen-bond acceptors (Lipinski definition) is 0. The molecule has 0 nitrogen and oxygen atoms in total. The Morgan fingerprint density at radius 1 is 0.767 bits per heavy atom. The average Bonchev–Trinajstić information content (AvgIpc) is 2.80. The molecule has 0 aliphatic heterocycles. The highest BCUT2D eigenvalue weighted by Crippen LogP contribution is 2.41. The van der Waals surface area contributed by atoms with Crippen molar-refractivity contribution in [3.8, 4) is 0 Å². The SMILES string of the molecule is CCCC1C=CC(C=CC2CCC(C3C=CC(c4ccc(C)cc4)CC3)CC2)CC1. The van der Waals surface area contributed by atoms with E-state index in [9.17, 15) is 0 Å². The molecule has 30 heavy (non-hydrogen) atoms. The second kappa shape index (κ2) is 10.7. The second-order valence-corrected chi connectivity index (χ2v) is 10.4. The average molecular weight is 403 g/mol. The highest BCUT2D eigenvalue weighted by molar-refractivity contribution is 5.28. The maximum Gasteiger partial charge on any atom is 0.00182 e. The fourth-order valence-electron chi connectivity index (χ4n) is 6.06. The summed E-state index contributed by atoms with van der Waals surface area (Å²) in [4.78, 5) is 0. The van der Waals surface area contributed by atoms with E-state index in [2.05, 4.69) is 74.6 Å². The van der Waals surface area contributed by atoms with Crippen LogP contribution in [0.5, 0.6) is 0 Å². The molecular weight excluding hydrogens is 360 g/mol. The Balaban J connectivity index is 1.22. The number of aryl methyl sites for hydroxylation is 1. The van der Waals surface area contributed by atoms with E-state index in [1.807, 2.05) is 0 Å².